The van der Waals surface area contributed by atoms with Crippen molar-refractivity contribution in [3.05, 3.63) is 24.0 Å². The Morgan fingerprint density at radius 2 is 1.83 bits per heavy atom. The number of piperazine rings is 1. The monoisotopic (exact) mass is 564 g/mol. The standard InChI is InChI=1S/C33H52N6O2/c1-8-10-11-28-36-29-25-18-24(12-13-26(25)35-31(34)30(29)37-28)39-16-14-38(15-17-39)20-33(7,9-2)22-41-21-32(5,6)19-27(40)23(3)4/h12-13,18,23H,8-11,14-17,19-22H2,1-7H3,(H2,34,35)(H,36,37). The van der Waals surface area contributed by atoms with Crippen molar-refractivity contribution in [2.75, 3.05) is 56.6 Å². The number of benzene rings is 1. The first-order chi connectivity index (χ1) is 19.4. The number of hydrogen-bond donors (Lipinski definition) is 2. The maximum absolute atomic E-state index is 12.3. The van der Waals surface area contributed by atoms with Gasteiger partial charge in [0.15, 0.2) is 5.82 Å². The SMILES string of the molecule is CCCCc1nc2c(N)nc3ccc(N4CCN(CC(C)(CC)COCC(C)(C)CC(=O)C(C)C)CC4)cc3c2[nH]1. The predicted molar refractivity (Wildman–Crippen MR) is 171 cm³/mol. The van der Waals surface area contributed by atoms with Crippen molar-refractivity contribution in [3.63, 3.8) is 0 Å². The first-order valence-electron chi connectivity index (χ1n) is 15.6. The Labute approximate surface area is 246 Å². The average Bonchev–Trinajstić information content (AvgIpc) is 3.37. The van der Waals surface area contributed by atoms with E-state index in [1.807, 2.05) is 13.8 Å². The van der Waals surface area contributed by atoms with Gasteiger partial charge in [-0.1, -0.05) is 54.9 Å². The highest BCUT2D eigenvalue weighted by Gasteiger charge is 2.30. The van der Waals surface area contributed by atoms with Crippen LogP contribution in [-0.4, -0.2) is 71.6 Å². The summed E-state index contributed by atoms with van der Waals surface area (Å²) in [6, 6.07) is 6.50. The second-order valence-corrected chi connectivity index (χ2v) is 13.6. The number of anilines is 2. The molecule has 8 heteroatoms. The summed E-state index contributed by atoms with van der Waals surface area (Å²) < 4.78 is 6.26. The molecule has 1 aliphatic rings. The number of imidazole rings is 1. The zero-order valence-electron chi connectivity index (χ0n) is 26.5. The van der Waals surface area contributed by atoms with Gasteiger partial charge >= 0.3 is 0 Å². The first-order valence-corrected chi connectivity index (χ1v) is 15.6. The number of unbranched alkanes of at least 4 members (excludes halogenated alkanes) is 1. The lowest BCUT2D eigenvalue weighted by Crippen LogP contribution is -2.50. The summed E-state index contributed by atoms with van der Waals surface area (Å²) in [6.45, 7) is 21.3. The van der Waals surface area contributed by atoms with Gasteiger partial charge in [0.25, 0.3) is 0 Å². The molecule has 4 rings (SSSR count). The number of H-pyrrole nitrogens is 1. The van der Waals surface area contributed by atoms with Crippen LogP contribution in [0.5, 0.6) is 0 Å². The predicted octanol–water partition coefficient (Wildman–Crippen LogP) is 6.23. The topological polar surface area (TPSA) is 100 Å². The number of nitrogens with one attached hydrogen (secondary N) is 1. The highest BCUT2D eigenvalue weighted by molar-refractivity contribution is 6.07. The largest absolute Gasteiger partial charge is 0.382 e. The van der Waals surface area contributed by atoms with Crippen molar-refractivity contribution in [2.45, 2.75) is 80.6 Å². The van der Waals surface area contributed by atoms with Crippen molar-refractivity contribution in [1.82, 2.24) is 19.9 Å². The number of nitrogens with zero attached hydrogens (tertiary/aromatic N) is 4. The molecule has 3 heterocycles. The van der Waals surface area contributed by atoms with Gasteiger partial charge in [0, 0.05) is 68.0 Å². The van der Waals surface area contributed by atoms with Gasteiger partial charge < -0.3 is 20.4 Å². The van der Waals surface area contributed by atoms with E-state index in [0.717, 1.165) is 86.2 Å². The summed E-state index contributed by atoms with van der Waals surface area (Å²) in [5, 5.41) is 1.08. The molecule has 1 unspecified atom stereocenters. The second-order valence-electron chi connectivity index (χ2n) is 13.6. The maximum Gasteiger partial charge on any atom is 0.152 e. The van der Waals surface area contributed by atoms with Gasteiger partial charge in [-0.25, -0.2) is 9.97 Å². The van der Waals surface area contributed by atoms with Gasteiger partial charge in [0.05, 0.1) is 24.2 Å². The van der Waals surface area contributed by atoms with Crippen LogP contribution in [0.3, 0.4) is 0 Å². The number of aryl methyl sites for hydroxylation is 1. The summed E-state index contributed by atoms with van der Waals surface area (Å²) in [4.78, 5) is 30.3. The highest BCUT2D eigenvalue weighted by atomic mass is 16.5. The van der Waals surface area contributed by atoms with Crippen LogP contribution in [0.1, 0.15) is 80.0 Å². The van der Waals surface area contributed by atoms with Crippen molar-refractivity contribution < 1.29 is 9.53 Å². The Kier molecular flexibility index (Phi) is 9.96. The van der Waals surface area contributed by atoms with E-state index in [0.29, 0.717) is 31.2 Å². The van der Waals surface area contributed by atoms with Gasteiger partial charge in [0.1, 0.15) is 17.1 Å². The molecule has 226 valence electrons. The van der Waals surface area contributed by atoms with Crippen molar-refractivity contribution in [3.8, 4) is 0 Å². The zero-order valence-corrected chi connectivity index (χ0v) is 26.5. The number of nitrogen functional groups attached to an aromatic ring is 1. The number of ketones is 1. The van der Waals surface area contributed by atoms with Crippen molar-refractivity contribution in [1.29, 1.82) is 0 Å². The molecule has 1 saturated heterocycles. The van der Waals surface area contributed by atoms with Crippen LogP contribution in [0.4, 0.5) is 11.5 Å². The molecular weight excluding hydrogens is 512 g/mol. The summed E-state index contributed by atoms with van der Waals surface area (Å²) >= 11 is 0. The van der Waals surface area contributed by atoms with Crippen LogP contribution in [0, 0.1) is 16.7 Å². The van der Waals surface area contributed by atoms with Crippen molar-refractivity contribution in [2.24, 2.45) is 16.7 Å². The molecule has 0 amide bonds. The van der Waals surface area contributed by atoms with Crippen LogP contribution in [0.2, 0.25) is 0 Å². The molecule has 3 N–H and O–H groups in total. The lowest BCUT2D eigenvalue weighted by atomic mass is 9.84. The van der Waals surface area contributed by atoms with Gasteiger partial charge in [-0.15, -0.1) is 0 Å². The molecule has 0 saturated carbocycles. The molecule has 0 radical (unpaired) electrons. The Balaban J connectivity index is 1.36. The van der Waals surface area contributed by atoms with Crippen molar-refractivity contribution >= 4 is 39.2 Å². The summed E-state index contributed by atoms with van der Waals surface area (Å²) in [5.74, 6) is 1.86. The number of nitrogens with two attached hydrogens (primary N) is 1. The second kappa shape index (κ2) is 13.1. The van der Waals surface area contributed by atoms with Gasteiger partial charge in [-0.3, -0.25) is 9.69 Å². The minimum Gasteiger partial charge on any atom is -0.382 e. The van der Waals surface area contributed by atoms with E-state index in [-0.39, 0.29) is 16.7 Å². The third-order valence-corrected chi connectivity index (χ3v) is 8.69. The van der Waals surface area contributed by atoms with Crippen LogP contribution in [0.15, 0.2) is 18.2 Å². The number of carbonyl (C=O) groups excluding carboxylic acids is 1. The fourth-order valence-electron chi connectivity index (χ4n) is 5.73. The highest BCUT2D eigenvalue weighted by Crippen LogP contribution is 2.31. The maximum atomic E-state index is 12.3. The number of aromatic amines is 1. The number of hydrogen-bond acceptors (Lipinski definition) is 7. The molecule has 1 aliphatic heterocycles. The van der Waals surface area contributed by atoms with Crippen LogP contribution < -0.4 is 10.6 Å². The number of fused-ring (bicyclic) bond motifs is 3. The number of pyridine rings is 1. The lowest BCUT2D eigenvalue weighted by molar-refractivity contribution is -0.125. The lowest BCUT2D eigenvalue weighted by Gasteiger charge is -2.41. The Bertz CT molecular complexity index is 1320. The van der Waals surface area contributed by atoms with E-state index >= 15 is 0 Å². The van der Waals surface area contributed by atoms with E-state index in [9.17, 15) is 4.79 Å². The fourth-order valence-corrected chi connectivity index (χ4v) is 5.73. The van der Waals surface area contributed by atoms with Gasteiger partial charge in [-0.2, -0.15) is 0 Å². The number of ether oxygens (including phenoxy) is 1. The Hall–Kier alpha value is -2.71. The zero-order chi connectivity index (χ0) is 29.8. The fraction of sp³-hybridized carbons (Fsp3) is 0.667. The van der Waals surface area contributed by atoms with E-state index < -0.39 is 0 Å². The number of carbonyl (C=O) groups is 1. The molecule has 3 aromatic rings. The average molecular weight is 565 g/mol. The molecule has 41 heavy (non-hydrogen) atoms. The van der Waals surface area contributed by atoms with E-state index in [4.69, 9.17) is 15.5 Å². The van der Waals surface area contributed by atoms with Crippen LogP contribution in [0.25, 0.3) is 21.9 Å². The minimum atomic E-state index is -0.137. The summed E-state index contributed by atoms with van der Waals surface area (Å²) in [5.41, 5.74) is 10.1. The molecule has 0 bridgehead atoms. The quantitative estimate of drug-likeness (QED) is 0.239. The molecule has 1 fully saturated rings. The minimum absolute atomic E-state index is 0.0776. The smallest absolute Gasteiger partial charge is 0.152 e. The normalized spacial score (nSPS) is 16.6. The van der Waals surface area contributed by atoms with Gasteiger partial charge in [0.2, 0.25) is 0 Å². The molecule has 8 nitrogen and oxygen atoms in total. The van der Waals surface area contributed by atoms with E-state index in [1.54, 1.807) is 0 Å². The van der Waals surface area contributed by atoms with E-state index in [1.165, 1.54) is 5.69 Å². The number of Topliss-reactive ketones (excluding diaryl/α,β-unsaturated/α-hetero) is 1. The molecular formula is C33H52N6O2. The van der Waals surface area contributed by atoms with E-state index in [2.05, 4.69) is 72.6 Å². The Morgan fingerprint density at radius 1 is 1.10 bits per heavy atom. The number of rotatable bonds is 14. The Morgan fingerprint density at radius 3 is 2.49 bits per heavy atom. The molecule has 1 atom stereocenters. The third kappa shape index (κ3) is 7.77. The van der Waals surface area contributed by atoms with Gasteiger partial charge in [-0.05, 0) is 36.5 Å². The summed E-state index contributed by atoms with van der Waals surface area (Å²) in [6.07, 6.45) is 4.77. The third-order valence-electron chi connectivity index (χ3n) is 8.69. The van der Waals surface area contributed by atoms with Crippen LogP contribution >= 0.6 is 0 Å². The summed E-state index contributed by atoms with van der Waals surface area (Å²) in [7, 11) is 0. The first kappa shape index (κ1) is 31.2. The number of aromatic nitrogens is 3. The molecule has 0 spiro atoms. The molecule has 0 aliphatic carbocycles. The molecule has 1 aromatic carbocycles. The molecule has 2 aromatic heterocycles. The van der Waals surface area contributed by atoms with Crippen LogP contribution in [-0.2, 0) is 16.0 Å².